The molecule has 2 aliphatic rings. The summed E-state index contributed by atoms with van der Waals surface area (Å²) >= 11 is 0. The van der Waals surface area contributed by atoms with Crippen molar-refractivity contribution in [1.82, 2.24) is 24.9 Å². The average molecular weight is 448 g/mol. The van der Waals surface area contributed by atoms with Gasteiger partial charge in [0.15, 0.2) is 5.69 Å². The normalized spacial score (nSPS) is 15.8. The number of nitrogens with one attached hydrogen (secondary N) is 1. The molecule has 33 heavy (non-hydrogen) atoms. The summed E-state index contributed by atoms with van der Waals surface area (Å²) in [6.45, 7) is 6.76. The van der Waals surface area contributed by atoms with E-state index in [0.29, 0.717) is 61.9 Å². The molecule has 1 aromatic heterocycles. The Bertz CT molecular complexity index is 1130. The Morgan fingerprint density at radius 2 is 1.97 bits per heavy atom. The fourth-order valence-corrected chi connectivity index (χ4v) is 4.29. The minimum atomic E-state index is -0.256. The zero-order valence-corrected chi connectivity index (χ0v) is 19.1. The van der Waals surface area contributed by atoms with E-state index in [1.54, 1.807) is 29.2 Å². The third kappa shape index (κ3) is 4.77. The first-order valence-corrected chi connectivity index (χ1v) is 11.4. The molecule has 0 aliphatic carbocycles. The molecular formula is C25H29N5O3. The molecule has 1 saturated heterocycles. The van der Waals surface area contributed by atoms with Crippen molar-refractivity contribution in [3.8, 4) is 12.3 Å². The lowest BCUT2D eigenvalue weighted by Crippen LogP contribution is -2.50. The van der Waals surface area contributed by atoms with Crippen LogP contribution in [0.1, 0.15) is 57.9 Å². The number of nitrogens with zero attached hydrogens (tertiary/aromatic N) is 4. The molecule has 0 saturated carbocycles. The number of carbonyl (C=O) groups is 3. The van der Waals surface area contributed by atoms with Gasteiger partial charge in [-0.1, -0.05) is 25.8 Å². The number of hydrogen-bond acceptors (Lipinski definition) is 4. The fourth-order valence-electron chi connectivity index (χ4n) is 4.29. The number of hydrogen-bond donors (Lipinski definition) is 1. The number of fused-ring (bicyclic) bond motifs is 1. The molecule has 4 rings (SSSR count). The van der Waals surface area contributed by atoms with Crippen LogP contribution in [-0.2, 0) is 24.3 Å². The highest BCUT2D eigenvalue weighted by atomic mass is 16.2. The first-order valence-electron chi connectivity index (χ1n) is 11.4. The monoisotopic (exact) mass is 447 g/mol. The third-order valence-electron chi connectivity index (χ3n) is 6.14. The van der Waals surface area contributed by atoms with Gasteiger partial charge in [0.05, 0.1) is 13.1 Å². The van der Waals surface area contributed by atoms with Gasteiger partial charge in [0, 0.05) is 55.0 Å². The Morgan fingerprint density at radius 3 is 2.70 bits per heavy atom. The van der Waals surface area contributed by atoms with Gasteiger partial charge in [-0.3, -0.25) is 19.1 Å². The van der Waals surface area contributed by atoms with Crippen molar-refractivity contribution in [1.29, 1.82) is 0 Å². The molecule has 1 N–H and O–H groups in total. The van der Waals surface area contributed by atoms with Crippen LogP contribution < -0.4 is 5.32 Å². The summed E-state index contributed by atoms with van der Waals surface area (Å²) < 4.78 is 1.92. The standard InChI is InChI=1S/C25H29N5O3/c1-4-18-6-5-7-19(14-18)24(32)28-11-9-21-20(15-28)23(27-30(21)12-8-17(2)3)25(33)29-13-10-26-22(31)16-29/h1,5-7,14,17H,8-13,15-16H2,2-3H3,(H,26,31). The van der Waals surface area contributed by atoms with Crippen LogP contribution in [0.15, 0.2) is 24.3 Å². The molecule has 3 heterocycles. The molecule has 1 fully saturated rings. The van der Waals surface area contributed by atoms with Crippen molar-refractivity contribution >= 4 is 17.7 Å². The van der Waals surface area contributed by atoms with E-state index in [0.717, 1.165) is 17.7 Å². The van der Waals surface area contributed by atoms with Crippen LogP contribution >= 0.6 is 0 Å². The van der Waals surface area contributed by atoms with Gasteiger partial charge in [0.1, 0.15) is 0 Å². The van der Waals surface area contributed by atoms with Crippen LogP contribution in [-0.4, -0.2) is 63.5 Å². The number of terminal acetylenes is 1. The molecule has 1 aromatic carbocycles. The van der Waals surface area contributed by atoms with Crippen molar-refractivity contribution in [3.05, 3.63) is 52.3 Å². The van der Waals surface area contributed by atoms with Crippen molar-refractivity contribution in [2.24, 2.45) is 5.92 Å². The van der Waals surface area contributed by atoms with Crippen molar-refractivity contribution in [3.63, 3.8) is 0 Å². The largest absolute Gasteiger partial charge is 0.353 e. The van der Waals surface area contributed by atoms with Crippen LogP contribution in [0.2, 0.25) is 0 Å². The smallest absolute Gasteiger partial charge is 0.275 e. The SMILES string of the molecule is C#Cc1cccc(C(=O)N2CCc3c(c(C(=O)N4CCNC(=O)C4)nn3CCC(C)C)C2)c1. The maximum Gasteiger partial charge on any atom is 0.275 e. The van der Waals surface area contributed by atoms with Gasteiger partial charge in [-0.05, 0) is 30.5 Å². The molecule has 8 nitrogen and oxygen atoms in total. The van der Waals surface area contributed by atoms with Crippen molar-refractivity contribution in [2.75, 3.05) is 26.2 Å². The quantitative estimate of drug-likeness (QED) is 0.707. The van der Waals surface area contributed by atoms with Crippen LogP contribution in [0.4, 0.5) is 0 Å². The molecule has 2 aromatic rings. The summed E-state index contributed by atoms with van der Waals surface area (Å²) in [5.74, 6) is 2.51. The second-order valence-electron chi connectivity index (χ2n) is 8.96. The predicted octanol–water partition coefficient (Wildman–Crippen LogP) is 1.68. The maximum absolute atomic E-state index is 13.3. The van der Waals surface area contributed by atoms with Crippen LogP contribution in [0.3, 0.4) is 0 Å². The number of aryl methyl sites for hydroxylation is 1. The molecule has 0 unspecified atom stereocenters. The highest BCUT2D eigenvalue weighted by Crippen LogP contribution is 2.26. The molecule has 172 valence electrons. The van der Waals surface area contributed by atoms with E-state index in [4.69, 9.17) is 6.42 Å². The predicted molar refractivity (Wildman–Crippen MR) is 123 cm³/mol. The van der Waals surface area contributed by atoms with E-state index in [9.17, 15) is 14.4 Å². The number of aromatic nitrogens is 2. The minimum Gasteiger partial charge on any atom is -0.353 e. The van der Waals surface area contributed by atoms with Gasteiger partial charge >= 0.3 is 0 Å². The molecule has 0 spiro atoms. The Hall–Kier alpha value is -3.60. The molecule has 8 heteroatoms. The Balaban J connectivity index is 1.64. The van der Waals surface area contributed by atoms with Gasteiger partial charge < -0.3 is 15.1 Å². The van der Waals surface area contributed by atoms with E-state index in [1.165, 1.54) is 4.90 Å². The zero-order chi connectivity index (χ0) is 23.5. The number of amides is 3. The molecule has 3 amide bonds. The summed E-state index contributed by atoms with van der Waals surface area (Å²) in [5.41, 5.74) is 3.31. The summed E-state index contributed by atoms with van der Waals surface area (Å²) in [6.07, 6.45) is 7.05. The Morgan fingerprint density at radius 1 is 1.18 bits per heavy atom. The number of benzene rings is 1. The van der Waals surface area contributed by atoms with Gasteiger partial charge in [-0.25, -0.2) is 0 Å². The van der Waals surface area contributed by atoms with Gasteiger partial charge in [-0.2, -0.15) is 5.10 Å². The minimum absolute atomic E-state index is 0.0218. The maximum atomic E-state index is 13.3. The molecular weight excluding hydrogens is 418 g/mol. The molecule has 0 bridgehead atoms. The fraction of sp³-hybridized carbons (Fsp3) is 0.440. The first-order chi connectivity index (χ1) is 15.9. The summed E-state index contributed by atoms with van der Waals surface area (Å²) in [4.78, 5) is 41.7. The number of rotatable bonds is 5. The van der Waals surface area contributed by atoms with Gasteiger partial charge in [0.25, 0.3) is 11.8 Å². The highest BCUT2D eigenvalue weighted by molar-refractivity contribution is 5.98. The van der Waals surface area contributed by atoms with E-state index in [-0.39, 0.29) is 24.3 Å². The number of carbonyl (C=O) groups excluding carboxylic acids is 3. The molecule has 0 atom stereocenters. The lowest BCUT2D eigenvalue weighted by molar-refractivity contribution is -0.123. The second kappa shape index (κ2) is 9.49. The van der Waals surface area contributed by atoms with Crippen LogP contribution in [0, 0.1) is 18.3 Å². The Kier molecular flexibility index (Phi) is 6.50. The molecule has 0 radical (unpaired) electrons. The van der Waals surface area contributed by atoms with Crippen LogP contribution in [0.25, 0.3) is 0 Å². The van der Waals surface area contributed by atoms with E-state index < -0.39 is 0 Å². The Labute approximate surface area is 193 Å². The van der Waals surface area contributed by atoms with Crippen molar-refractivity contribution < 1.29 is 14.4 Å². The van der Waals surface area contributed by atoms with E-state index in [2.05, 4.69) is 30.2 Å². The van der Waals surface area contributed by atoms with Crippen LogP contribution in [0.5, 0.6) is 0 Å². The van der Waals surface area contributed by atoms with Gasteiger partial charge in [0.2, 0.25) is 5.91 Å². The molecule has 2 aliphatic heterocycles. The summed E-state index contributed by atoms with van der Waals surface area (Å²) in [7, 11) is 0. The van der Waals surface area contributed by atoms with Gasteiger partial charge in [-0.15, -0.1) is 6.42 Å². The summed E-state index contributed by atoms with van der Waals surface area (Å²) in [5, 5.41) is 7.43. The number of piperazine rings is 1. The second-order valence-corrected chi connectivity index (χ2v) is 8.96. The lowest BCUT2D eigenvalue weighted by Gasteiger charge is -2.29. The van der Waals surface area contributed by atoms with Crippen molar-refractivity contribution in [2.45, 2.75) is 39.8 Å². The zero-order valence-electron chi connectivity index (χ0n) is 19.1. The van der Waals surface area contributed by atoms with E-state index >= 15 is 0 Å². The average Bonchev–Trinajstić information content (AvgIpc) is 3.19. The first kappa shape index (κ1) is 22.6. The van der Waals surface area contributed by atoms with E-state index in [1.807, 2.05) is 4.68 Å². The third-order valence-corrected chi connectivity index (χ3v) is 6.14. The summed E-state index contributed by atoms with van der Waals surface area (Å²) in [6, 6.07) is 7.03. The lowest BCUT2D eigenvalue weighted by atomic mass is 10.0. The topological polar surface area (TPSA) is 87.5 Å². The highest BCUT2D eigenvalue weighted by Gasteiger charge is 2.33.